The molecule has 1 N–H and O–H groups in total. The van der Waals surface area contributed by atoms with Gasteiger partial charge in [0, 0.05) is 45.1 Å². The van der Waals surface area contributed by atoms with Gasteiger partial charge in [-0.2, -0.15) is 4.31 Å². The molecule has 1 saturated heterocycles. The third kappa shape index (κ3) is 6.48. The Labute approximate surface area is 200 Å². The van der Waals surface area contributed by atoms with E-state index in [-0.39, 0.29) is 55.7 Å². The number of carbonyl (C=O) groups excluding carboxylic acids is 2. The Morgan fingerprint density at radius 1 is 0.912 bits per heavy atom. The molecular formula is C24H31N3O6S. The molecule has 1 aliphatic rings. The lowest BCUT2D eigenvalue weighted by atomic mass is 10.2. The number of piperazine rings is 1. The van der Waals surface area contributed by atoms with Crippen LogP contribution in [0.4, 0.5) is 5.69 Å². The van der Waals surface area contributed by atoms with Crippen molar-refractivity contribution in [2.45, 2.75) is 31.6 Å². The fourth-order valence-corrected chi connectivity index (χ4v) is 5.10. The zero-order valence-corrected chi connectivity index (χ0v) is 20.3. The van der Waals surface area contributed by atoms with Crippen molar-refractivity contribution in [2.24, 2.45) is 0 Å². The van der Waals surface area contributed by atoms with Gasteiger partial charge in [0.2, 0.25) is 21.8 Å². The molecule has 0 radical (unpaired) electrons. The van der Waals surface area contributed by atoms with Crippen LogP contribution >= 0.6 is 0 Å². The standard InChI is InChI=1S/C24H31N3O6S/c1-3-32-19-10-11-22(33-4-2)21(18-19)25-23(28)12-13-24(29)26-14-16-27(17-15-26)34(30,31)20-8-6-5-7-9-20/h5-11,18H,3-4,12-17H2,1-2H3,(H,25,28). The number of carbonyl (C=O) groups is 2. The average Bonchev–Trinajstić information content (AvgIpc) is 2.85. The van der Waals surface area contributed by atoms with Crippen molar-refractivity contribution in [3.63, 3.8) is 0 Å². The summed E-state index contributed by atoms with van der Waals surface area (Å²) in [4.78, 5) is 27.0. The van der Waals surface area contributed by atoms with Crippen LogP contribution in [0.25, 0.3) is 0 Å². The van der Waals surface area contributed by atoms with Crippen molar-refractivity contribution < 1.29 is 27.5 Å². The molecule has 0 bridgehead atoms. The molecule has 1 aliphatic heterocycles. The van der Waals surface area contributed by atoms with Crippen LogP contribution in [0.5, 0.6) is 11.5 Å². The summed E-state index contributed by atoms with van der Waals surface area (Å²) < 4.78 is 37.9. The largest absolute Gasteiger partial charge is 0.494 e. The zero-order valence-electron chi connectivity index (χ0n) is 19.5. The number of hydrogen-bond donors (Lipinski definition) is 1. The first kappa shape index (κ1) is 25.5. The Morgan fingerprint density at radius 2 is 1.59 bits per heavy atom. The van der Waals surface area contributed by atoms with Gasteiger partial charge >= 0.3 is 0 Å². The summed E-state index contributed by atoms with van der Waals surface area (Å²) in [6.45, 7) is 5.68. The van der Waals surface area contributed by atoms with Crippen molar-refractivity contribution in [3.8, 4) is 11.5 Å². The highest BCUT2D eigenvalue weighted by atomic mass is 32.2. The summed E-state index contributed by atoms with van der Waals surface area (Å²) in [5.41, 5.74) is 0.491. The summed E-state index contributed by atoms with van der Waals surface area (Å²) in [6.07, 6.45) is 0.0399. The van der Waals surface area contributed by atoms with E-state index >= 15 is 0 Å². The van der Waals surface area contributed by atoms with Crippen LogP contribution in [0, 0.1) is 0 Å². The van der Waals surface area contributed by atoms with Crippen molar-refractivity contribution in [2.75, 3.05) is 44.7 Å². The molecule has 2 amide bonds. The smallest absolute Gasteiger partial charge is 0.243 e. The van der Waals surface area contributed by atoms with Gasteiger partial charge in [-0.3, -0.25) is 9.59 Å². The molecule has 9 nitrogen and oxygen atoms in total. The van der Waals surface area contributed by atoms with E-state index in [1.165, 1.54) is 4.31 Å². The van der Waals surface area contributed by atoms with Gasteiger partial charge in [-0.1, -0.05) is 18.2 Å². The number of anilines is 1. The van der Waals surface area contributed by atoms with E-state index in [4.69, 9.17) is 9.47 Å². The van der Waals surface area contributed by atoms with Crippen LogP contribution < -0.4 is 14.8 Å². The Hall–Kier alpha value is -3.11. The summed E-state index contributed by atoms with van der Waals surface area (Å²) in [5.74, 6) is 0.648. The first-order valence-electron chi connectivity index (χ1n) is 11.4. The van der Waals surface area contributed by atoms with Crippen molar-refractivity contribution >= 4 is 27.5 Å². The number of nitrogens with one attached hydrogen (secondary N) is 1. The molecule has 0 spiro atoms. The highest BCUT2D eigenvalue weighted by Crippen LogP contribution is 2.29. The van der Waals surface area contributed by atoms with Gasteiger partial charge in [-0.05, 0) is 38.1 Å². The maximum absolute atomic E-state index is 12.7. The topological polar surface area (TPSA) is 105 Å². The van der Waals surface area contributed by atoms with E-state index < -0.39 is 10.0 Å². The predicted molar refractivity (Wildman–Crippen MR) is 128 cm³/mol. The van der Waals surface area contributed by atoms with Gasteiger partial charge in [0.05, 0.1) is 23.8 Å². The average molecular weight is 490 g/mol. The summed E-state index contributed by atoms with van der Waals surface area (Å²) in [5, 5.41) is 2.80. The van der Waals surface area contributed by atoms with E-state index in [1.807, 2.05) is 13.8 Å². The van der Waals surface area contributed by atoms with E-state index in [9.17, 15) is 18.0 Å². The number of rotatable bonds is 10. The molecular weight excluding hydrogens is 458 g/mol. The molecule has 2 aromatic rings. The van der Waals surface area contributed by atoms with E-state index in [0.717, 1.165) is 0 Å². The van der Waals surface area contributed by atoms with Gasteiger partial charge in [0.1, 0.15) is 11.5 Å². The molecule has 34 heavy (non-hydrogen) atoms. The molecule has 1 fully saturated rings. The third-order valence-corrected chi connectivity index (χ3v) is 7.29. The number of nitrogens with zero attached hydrogens (tertiary/aromatic N) is 2. The van der Waals surface area contributed by atoms with Gasteiger partial charge in [0.25, 0.3) is 0 Å². The lowest BCUT2D eigenvalue weighted by Gasteiger charge is -2.34. The number of sulfonamides is 1. The van der Waals surface area contributed by atoms with Crippen LogP contribution in [0.2, 0.25) is 0 Å². The molecule has 0 atom stereocenters. The first-order chi connectivity index (χ1) is 16.3. The number of ether oxygens (including phenoxy) is 2. The molecule has 1 heterocycles. The Kier molecular flexibility index (Phi) is 8.89. The van der Waals surface area contributed by atoms with Crippen LogP contribution in [0.15, 0.2) is 53.4 Å². The van der Waals surface area contributed by atoms with Crippen molar-refractivity contribution in [1.29, 1.82) is 0 Å². The monoisotopic (exact) mass is 489 g/mol. The number of amides is 2. The zero-order chi connectivity index (χ0) is 24.6. The van der Waals surface area contributed by atoms with Crippen LogP contribution in [0.1, 0.15) is 26.7 Å². The van der Waals surface area contributed by atoms with Gasteiger partial charge in [0.15, 0.2) is 0 Å². The maximum atomic E-state index is 12.7. The molecule has 184 valence electrons. The second kappa shape index (κ2) is 11.8. The second-order valence-corrected chi connectivity index (χ2v) is 9.61. The SMILES string of the molecule is CCOc1ccc(OCC)c(NC(=O)CCC(=O)N2CCN(S(=O)(=O)c3ccccc3)CC2)c1. The Morgan fingerprint density at radius 3 is 2.24 bits per heavy atom. The summed E-state index contributed by atoms with van der Waals surface area (Å²) in [7, 11) is -3.58. The molecule has 3 rings (SSSR count). The van der Waals surface area contributed by atoms with E-state index in [1.54, 1.807) is 53.4 Å². The Bertz CT molecular complexity index is 1080. The lowest BCUT2D eigenvalue weighted by Crippen LogP contribution is -2.50. The van der Waals surface area contributed by atoms with Crippen molar-refractivity contribution in [3.05, 3.63) is 48.5 Å². The minimum absolute atomic E-state index is 0.00574. The van der Waals surface area contributed by atoms with E-state index in [2.05, 4.69) is 5.32 Å². The Balaban J connectivity index is 1.51. The normalized spacial score (nSPS) is 14.5. The maximum Gasteiger partial charge on any atom is 0.243 e. The fourth-order valence-electron chi connectivity index (χ4n) is 3.66. The van der Waals surface area contributed by atoms with Crippen LogP contribution in [-0.2, 0) is 19.6 Å². The van der Waals surface area contributed by atoms with Gasteiger partial charge < -0.3 is 19.7 Å². The predicted octanol–water partition coefficient (Wildman–Crippen LogP) is 2.74. The summed E-state index contributed by atoms with van der Waals surface area (Å²) in [6, 6.07) is 13.5. The molecule has 2 aromatic carbocycles. The first-order valence-corrected chi connectivity index (χ1v) is 12.8. The number of benzene rings is 2. The van der Waals surface area contributed by atoms with E-state index in [0.29, 0.717) is 30.4 Å². The van der Waals surface area contributed by atoms with Crippen molar-refractivity contribution in [1.82, 2.24) is 9.21 Å². The fraction of sp³-hybridized carbons (Fsp3) is 0.417. The lowest BCUT2D eigenvalue weighted by molar-refractivity contribution is -0.133. The highest BCUT2D eigenvalue weighted by Gasteiger charge is 2.30. The van der Waals surface area contributed by atoms with Crippen LogP contribution in [0.3, 0.4) is 0 Å². The number of hydrogen-bond acceptors (Lipinski definition) is 6. The van der Waals surface area contributed by atoms with Gasteiger partial charge in [-0.15, -0.1) is 0 Å². The minimum atomic E-state index is -3.58. The minimum Gasteiger partial charge on any atom is -0.494 e. The third-order valence-electron chi connectivity index (χ3n) is 5.37. The van der Waals surface area contributed by atoms with Crippen LogP contribution in [-0.4, -0.2) is 68.8 Å². The molecule has 0 aliphatic carbocycles. The molecule has 0 saturated carbocycles. The molecule has 0 unspecified atom stereocenters. The van der Waals surface area contributed by atoms with Gasteiger partial charge in [-0.25, -0.2) is 8.42 Å². The summed E-state index contributed by atoms with van der Waals surface area (Å²) >= 11 is 0. The molecule has 0 aromatic heterocycles. The molecule has 10 heteroatoms. The highest BCUT2D eigenvalue weighted by molar-refractivity contribution is 7.89. The quantitative estimate of drug-likeness (QED) is 0.550. The second-order valence-electron chi connectivity index (χ2n) is 7.67.